The van der Waals surface area contributed by atoms with Crippen LogP contribution in [0.4, 0.5) is 0 Å². The van der Waals surface area contributed by atoms with Crippen LogP contribution in [0.15, 0.2) is 16.8 Å². The molecular weight excluding hydrogens is 144 g/mol. The Labute approximate surface area is 64.3 Å². The van der Waals surface area contributed by atoms with Crippen LogP contribution in [-0.2, 0) is 6.42 Å². The van der Waals surface area contributed by atoms with Crippen LogP contribution in [0, 0.1) is 12.3 Å². The van der Waals surface area contributed by atoms with E-state index in [-0.39, 0.29) is 0 Å². The Morgan fingerprint density at radius 1 is 1.80 bits per heavy atom. The number of terminal acetylenes is 1. The van der Waals surface area contributed by atoms with E-state index in [0.29, 0.717) is 6.42 Å². The number of hydrogen-bond acceptors (Lipinski definition) is 2. The molecule has 10 heavy (non-hydrogen) atoms. The van der Waals surface area contributed by atoms with Crippen LogP contribution in [0.5, 0.6) is 0 Å². The monoisotopic (exact) mass is 152 g/mol. The second-order valence-corrected chi connectivity index (χ2v) is 2.80. The molecule has 0 fully saturated rings. The molecular formula is C8H8OS. The number of rotatable bonds is 2. The molecule has 0 spiro atoms. The van der Waals surface area contributed by atoms with Gasteiger partial charge in [-0.05, 0) is 22.4 Å². The van der Waals surface area contributed by atoms with Crippen molar-refractivity contribution in [2.45, 2.75) is 12.5 Å². The lowest BCUT2D eigenvalue weighted by Crippen LogP contribution is -2.05. The molecule has 0 saturated heterocycles. The smallest absolute Gasteiger partial charge is 0.118 e. The van der Waals surface area contributed by atoms with E-state index >= 15 is 0 Å². The van der Waals surface area contributed by atoms with E-state index in [2.05, 4.69) is 5.92 Å². The van der Waals surface area contributed by atoms with Gasteiger partial charge in [0.25, 0.3) is 0 Å². The van der Waals surface area contributed by atoms with E-state index in [0.717, 1.165) is 5.56 Å². The van der Waals surface area contributed by atoms with Gasteiger partial charge in [0.15, 0.2) is 0 Å². The molecule has 0 saturated carbocycles. The molecule has 0 aromatic carbocycles. The summed E-state index contributed by atoms with van der Waals surface area (Å²) >= 11 is 1.61. The van der Waals surface area contributed by atoms with Gasteiger partial charge < -0.3 is 5.11 Å². The molecule has 1 atom stereocenters. The lowest BCUT2D eigenvalue weighted by molar-refractivity contribution is 0.233. The van der Waals surface area contributed by atoms with E-state index in [9.17, 15) is 0 Å². The van der Waals surface area contributed by atoms with Gasteiger partial charge in [0.1, 0.15) is 6.10 Å². The fourth-order valence-corrected chi connectivity index (χ4v) is 1.37. The van der Waals surface area contributed by atoms with Crippen LogP contribution >= 0.6 is 11.3 Å². The predicted molar refractivity (Wildman–Crippen MR) is 42.9 cm³/mol. The summed E-state index contributed by atoms with van der Waals surface area (Å²) < 4.78 is 0. The van der Waals surface area contributed by atoms with E-state index in [4.69, 9.17) is 11.5 Å². The second kappa shape index (κ2) is 3.40. The maximum absolute atomic E-state index is 9.00. The molecule has 0 amide bonds. The SMILES string of the molecule is C#CC(O)Cc1ccsc1. The summed E-state index contributed by atoms with van der Waals surface area (Å²) in [5.74, 6) is 2.26. The quantitative estimate of drug-likeness (QED) is 0.633. The molecule has 0 bridgehead atoms. The Kier molecular flexibility index (Phi) is 2.49. The molecule has 0 aliphatic carbocycles. The number of aliphatic hydroxyl groups is 1. The fourth-order valence-electron chi connectivity index (χ4n) is 0.691. The van der Waals surface area contributed by atoms with Gasteiger partial charge in [-0.3, -0.25) is 0 Å². The molecule has 0 aliphatic rings. The molecule has 52 valence electrons. The topological polar surface area (TPSA) is 20.2 Å². The van der Waals surface area contributed by atoms with Gasteiger partial charge in [-0.25, -0.2) is 0 Å². The number of thiophene rings is 1. The highest BCUT2D eigenvalue weighted by molar-refractivity contribution is 7.07. The van der Waals surface area contributed by atoms with Crippen molar-refractivity contribution in [3.8, 4) is 12.3 Å². The first kappa shape index (κ1) is 7.33. The summed E-state index contributed by atoms with van der Waals surface area (Å²) in [7, 11) is 0. The minimum atomic E-state index is -0.630. The highest BCUT2D eigenvalue weighted by Crippen LogP contribution is 2.07. The lowest BCUT2D eigenvalue weighted by Gasteiger charge is -1.98. The summed E-state index contributed by atoms with van der Waals surface area (Å²) in [5, 5.41) is 13.0. The summed E-state index contributed by atoms with van der Waals surface area (Å²) in [6, 6.07) is 1.96. The van der Waals surface area contributed by atoms with Crippen LogP contribution in [-0.4, -0.2) is 11.2 Å². The van der Waals surface area contributed by atoms with Crippen molar-refractivity contribution in [1.82, 2.24) is 0 Å². The third kappa shape index (κ3) is 1.87. The normalized spacial score (nSPS) is 12.4. The van der Waals surface area contributed by atoms with Crippen molar-refractivity contribution in [3.05, 3.63) is 22.4 Å². The van der Waals surface area contributed by atoms with Crippen LogP contribution < -0.4 is 0 Å². The molecule has 1 rings (SSSR count). The van der Waals surface area contributed by atoms with Crippen LogP contribution in [0.2, 0.25) is 0 Å². The van der Waals surface area contributed by atoms with Crippen molar-refractivity contribution in [1.29, 1.82) is 0 Å². The van der Waals surface area contributed by atoms with Crippen LogP contribution in [0.1, 0.15) is 5.56 Å². The molecule has 1 aromatic heterocycles. The first-order valence-corrected chi connectivity index (χ1v) is 3.92. The Hall–Kier alpha value is -0.780. The molecule has 1 heterocycles. The van der Waals surface area contributed by atoms with Crippen molar-refractivity contribution in [2.24, 2.45) is 0 Å². The molecule has 1 nitrogen and oxygen atoms in total. The standard InChI is InChI=1S/C8H8OS/c1-2-8(9)5-7-3-4-10-6-7/h1,3-4,6,8-9H,5H2. The summed E-state index contributed by atoms with van der Waals surface area (Å²) in [5.41, 5.74) is 1.11. The van der Waals surface area contributed by atoms with Crippen molar-refractivity contribution in [2.75, 3.05) is 0 Å². The zero-order valence-corrected chi connectivity index (χ0v) is 6.27. The highest BCUT2D eigenvalue weighted by atomic mass is 32.1. The van der Waals surface area contributed by atoms with Gasteiger partial charge in [-0.15, -0.1) is 6.42 Å². The Bertz CT molecular complexity index is 220. The number of aliphatic hydroxyl groups excluding tert-OH is 1. The van der Waals surface area contributed by atoms with Crippen LogP contribution in [0.3, 0.4) is 0 Å². The minimum absolute atomic E-state index is 0.569. The summed E-state index contributed by atoms with van der Waals surface area (Å²) in [6.45, 7) is 0. The average molecular weight is 152 g/mol. The van der Waals surface area contributed by atoms with E-state index in [1.807, 2.05) is 16.8 Å². The first-order valence-electron chi connectivity index (χ1n) is 2.98. The van der Waals surface area contributed by atoms with Crippen molar-refractivity contribution >= 4 is 11.3 Å². The highest BCUT2D eigenvalue weighted by Gasteiger charge is 1.99. The Morgan fingerprint density at radius 3 is 3.10 bits per heavy atom. The molecule has 0 aliphatic heterocycles. The lowest BCUT2D eigenvalue weighted by atomic mass is 10.2. The largest absolute Gasteiger partial charge is 0.380 e. The molecule has 1 aromatic rings. The van der Waals surface area contributed by atoms with Crippen LogP contribution in [0.25, 0.3) is 0 Å². The summed E-state index contributed by atoms with van der Waals surface area (Å²) in [4.78, 5) is 0. The van der Waals surface area contributed by atoms with Gasteiger partial charge in [-0.1, -0.05) is 5.92 Å². The average Bonchev–Trinajstić information content (AvgIpc) is 2.40. The third-order valence-electron chi connectivity index (χ3n) is 1.20. The van der Waals surface area contributed by atoms with E-state index in [1.165, 1.54) is 0 Å². The Balaban J connectivity index is 2.50. The molecule has 1 N–H and O–H groups in total. The minimum Gasteiger partial charge on any atom is -0.380 e. The van der Waals surface area contributed by atoms with Crippen molar-refractivity contribution < 1.29 is 5.11 Å². The molecule has 1 unspecified atom stereocenters. The number of hydrogen-bond donors (Lipinski definition) is 1. The van der Waals surface area contributed by atoms with Gasteiger partial charge in [0.05, 0.1) is 0 Å². The zero-order chi connectivity index (χ0) is 7.40. The maximum atomic E-state index is 9.00. The Morgan fingerprint density at radius 2 is 2.60 bits per heavy atom. The molecule has 0 radical (unpaired) electrons. The summed E-state index contributed by atoms with van der Waals surface area (Å²) in [6.07, 6.45) is 4.93. The fraction of sp³-hybridized carbons (Fsp3) is 0.250. The second-order valence-electron chi connectivity index (χ2n) is 2.02. The zero-order valence-electron chi connectivity index (χ0n) is 5.45. The third-order valence-corrected chi connectivity index (χ3v) is 1.93. The van der Waals surface area contributed by atoms with Gasteiger partial charge in [0.2, 0.25) is 0 Å². The van der Waals surface area contributed by atoms with Gasteiger partial charge in [-0.2, -0.15) is 11.3 Å². The first-order chi connectivity index (χ1) is 4.83. The van der Waals surface area contributed by atoms with Gasteiger partial charge >= 0.3 is 0 Å². The van der Waals surface area contributed by atoms with Crippen molar-refractivity contribution in [3.63, 3.8) is 0 Å². The van der Waals surface area contributed by atoms with E-state index < -0.39 is 6.10 Å². The maximum Gasteiger partial charge on any atom is 0.118 e. The predicted octanol–water partition coefficient (Wildman–Crippen LogP) is 1.28. The van der Waals surface area contributed by atoms with E-state index in [1.54, 1.807) is 11.3 Å². The van der Waals surface area contributed by atoms with Gasteiger partial charge in [0, 0.05) is 6.42 Å². The molecule has 2 heteroatoms.